The monoisotopic (exact) mass is 503 g/mol. The van der Waals surface area contributed by atoms with Crippen molar-refractivity contribution in [3.05, 3.63) is 50.4 Å². The number of aromatic nitrogens is 3. The first-order valence-corrected chi connectivity index (χ1v) is 12.3. The molecule has 1 atom stereocenters. The van der Waals surface area contributed by atoms with E-state index >= 15 is 0 Å². The smallest absolute Gasteiger partial charge is 0.341 e. The van der Waals surface area contributed by atoms with E-state index < -0.39 is 16.1 Å². The summed E-state index contributed by atoms with van der Waals surface area (Å²) in [5, 5.41) is 22.7. The minimum Gasteiger partial charge on any atom is -0.462 e. The molecule has 180 valence electrons. The summed E-state index contributed by atoms with van der Waals surface area (Å²) in [4.78, 5) is 36.7. The van der Waals surface area contributed by atoms with Crippen LogP contribution in [0.25, 0.3) is 11.4 Å². The average molecular weight is 504 g/mol. The Labute approximate surface area is 204 Å². The number of ether oxygens (including phenoxy) is 1. The highest BCUT2D eigenvalue weighted by Gasteiger charge is 2.25. The SMILES string of the molecule is CCOC(=O)c1c(NC(=O)[C@H](C)Sc2nnc(-c3ccc([N+](=O)[O-])cc3)n2CC)sc(C)c1C. The van der Waals surface area contributed by atoms with E-state index in [0.717, 1.165) is 10.4 Å². The van der Waals surface area contributed by atoms with Gasteiger partial charge >= 0.3 is 5.97 Å². The van der Waals surface area contributed by atoms with Gasteiger partial charge in [-0.3, -0.25) is 14.9 Å². The maximum Gasteiger partial charge on any atom is 0.341 e. The summed E-state index contributed by atoms with van der Waals surface area (Å²) in [6.45, 7) is 9.92. The van der Waals surface area contributed by atoms with Gasteiger partial charge in [0.15, 0.2) is 11.0 Å². The topological polar surface area (TPSA) is 129 Å². The van der Waals surface area contributed by atoms with E-state index in [2.05, 4.69) is 15.5 Å². The normalized spacial score (nSPS) is 11.8. The van der Waals surface area contributed by atoms with Crippen molar-refractivity contribution in [1.29, 1.82) is 0 Å². The minimum atomic E-state index is -0.531. The van der Waals surface area contributed by atoms with Gasteiger partial charge in [-0.05, 0) is 52.3 Å². The number of nitro groups is 1. The van der Waals surface area contributed by atoms with Crippen LogP contribution in [-0.2, 0) is 16.1 Å². The Hall–Kier alpha value is -3.25. The van der Waals surface area contributed by atoms with Crippen LogP contribution in [0.2, 0.25) is 0 Å². The first kappa shape index (κ1) is 25.4. The number of thiophene rings is 1. The number of anilines is 1. The average Bonchev–Trinajstić information content (AvgIpc) is 3.33. The van der Waals surface area contributed by atoms with E-state index in [-0.39, 0.29) is 18.2 Å². The number of non-ortho nitro benzene ring substituents is 1. The Morgan fingerprint density at radius 3 is 2.50 bits per heavy atom. The molecular formula is C22H25N5O5S2. The number of nitro benzene ring substituents is 1. The fourth-order valence-electron chi connectivity index (χ4n) is 3.20. The Bertz CT molecular complexity index is 1220. The summed E-state index contributed by atoms with van der Waals surface area (Å²) in [7, 11) is 0. The molecule has 0 fully saturated rings. The molecule has 3 aromatic rings. The van der Waals surface area contributed by atoms with Crippen LogP contribution >= 0.6 is 23.1 Å². The molecule has 12 heteroatoms. The lowest BCUT2D eigenvalue weighted by atomic mass is 10.1. The highest BCUT2D eigenvalue weighted by molar-refractivity contribution is 8.00. The molecule has 2 aromatic heterocycles. The molecule has 1 aromatic carbocycles. The lowest BCUT2D eigenvalue weighted by molar-refractivity contribution is -0.384. The zero-order chi connectivity index (χ0) is 25.0. The highest BCUT2D eigenvalue weighted by atomic mass is 32.2. The molecule has 0 bridgehead atoms. The molecule has 0 saturated heterocycles. The quantitative estimate of drug-likeness (QED) is 0.190. The predicted molar refractivity (Wildman–Crippen MR) is 131 cm³/mol. The number of carbonyl (C=O) groups is 2. The van der Waals surface area contributed by atoms with E-state index in [1.54, 1.807) is 26.0 Å². The van der Waals surface area contributed by atoms with Gasteiger partial charge in [-0.1, -0.05) is 11.8 Å². The first-order chi connectivity index (χ1) is 16.2. The van der Waals surface area contributed by atoms with Gasteiger partial charge in [-0.2, -0.15) is 0 Å². The van der Waals surface area contributed by atoms with Crippen LogP contribution in [0.15, 0.2) is 29.4 Å². The summed E-state index contributed by atoms with van der Waals surface area (Å²) in [6.07, 6.45) is 0. The lowest BCUT2D eigenvalue weighted by Gasteiger charge is -2.13. The third kappa shape index (κ3) is 5.28. The van der Waals surface area contributed by atoms with Crippen molar-refractivity contribution in [2.45, 2.75) is 51.6 Å². The summed E-state index contributed by atoms with van der Waals surface area (Å²) >= 11 is 2.57. The van der Waals surface area contributed by atoms with Crippen molar-refractivity contribution in [1.82, 2.24) is 14.8 Å². The van der Waals surface area contributed by atoms with Crippen LogP contribution in [0.3, 0.4) is 0 Å². The standard InChI is InChI=1S/C22H25N5O5S2/c1-6-26-18(15-8-10-16(11-9-15)27(30)31)24-25-22(26)34-14(5)19(28)23-20-17(21(29)32-7-2)12(3)13(4)33-20/h8-11,14H,6-7H2,1-5H3,(H,23,28)/t14-/m0/s1. The number of benzene rings is 1. The predicted octanol–water partition coefficient (Wildman–Crippen LogP) is 4.85. The van der Waals surface area contributed by atoms with Gasteiger partial charge in [-0.25, -0.2) is 4.79 Å². The molecule has 0 unspecified atom stereocenters. The number of aryl methyl sites for hydroxylation is 1. The molecule has 0 saturated carbocycles. The van der Waals surface area contributed by atoms with Gasteiger partial charge in [0.1, 0.15) is 5.00 Å². The molecular weight excluding hydrogens is 478 g/mol. The van der Waals surface area contributed by atoms with Crippen LogP contribution < -0.4 is 5.32 Å². The van der Waals surface area contributed by atoms with Crippen molar-refractivity contribution in [2.24, 2.45) is 0 Å². The lowest BCUT2D eigenvalue weighted by Crippen LogP contribution is -2.23. The number of carbonyl (C=O) groups excluding carboxylic acids is 2. The number of esters is 1. The molecule has 1 N–H and O–H groups in total. The number of nitrogens with one attached hydrogen (secondary N) is 1. The third-order valence-electron chi connectivity index (χ3n) is 5.12. The van der Waals surface area contributed by atoms with Gasteiger partial charge in [0, 0.05) is 29.1 Å². The van der Waals surface area contributed by atoms with Crippen LogP contribution in [0.1, 0.15) is 41.6 Å². The van der Waals surface area contributed by atoms with Crippen LogP contribution in [0, 0.1) is 24.0 Å². The van der Waals surface area contributed by atoms with E-state index in [1.807, 2.05) is 25.3 Å². The van der Waals surface area contributed by atoms with E-state index in [9.17, 15) is 19.7 Å². The molecule has 1 amide bonds. The van der Waals surface area contributed by atoms with Gasteiger partial charge in [0.2, 0.25) is 5.91 Å². The molecule has 0 aliphatic rings. The van der Waals surface area contributed by atoms with Crippen molar-refractivity contribution < 1.29 is 19.2 Å². The van der Waals surface area contributed by atoms with Gasteiger partial charge in [0.05, 0.1) is 22.3 Å². The summed E-state index contributed by atoms with van der Waals surface area (Å²) in [5.41, 5.74) is 1.85. The van der Waals surface area contributed by atoms with Gasteiger partial charge < -0.3 is 14.6 Å². The van der Waals surface area contributed by atoms with E-state index in [4.69, 9.17) is 4.74 Å². The number of thioether (sulfide) groups is 1. The van der Waals surface area contributed by atoms with Crippen LogP contribution in [0.4, 0.5) is 10.7 Å². The number of amides is 1. The van der Waals surface area contributed by atoms with Gasteiger partial charge in [0.25, 0.3) is 5.69 Å². The number of hydrogen-bond donors (Lipinski definition) is 1. The second-order valence-corrected chi connectivity index (χ2v) is 9.84. The third-order valence-corrected chi connectivity index (χ3v) is 7.33. The fraction of sp³-hybridized carbons (Fsp3) is 0.364. The van der Waals surface area contributed by atoms with E-state index in [1.165, 1.54) is 35.2 Å². The highest BCUT2D eigenvalue weighted by Crippen LogP contribution is 2.34. The number of nitrogens with zero attached hydrogens (tertiary/aromatic N) is 4. The van der Waals surface area contributed by atoms with Crippen LogP contribution in [0.5, 0.6) is 0 Å². The van der Waals surface area contributed by atoms with Gasteiger partial charge in [-0.15, -0.1) is 21.5 Å². The maximum absolute atomic E-state index is 12.9. The maximum atomic E-state index is 12.9. The molecule has 0 radical (unpaired) electrons. The molecule has 0 spiro atoms. The zero-order valence-electron chi connectivity index (χ0n) is 19.4. The second-order valence-electron chi connectivity index (χ2n) is 7.31. The Balaban J connectivity index is 1.78. The number of hydrogen-bond acceptors (Lipinski definition) is 9. The zero-order valence-corrected chi connectivity index (χ0v) is 21.1. The van der Waals surface area contributed by atoms with Crippen molar-refractivity contribution in [3.63, 3.8) is 0 Å². The molecule has 3 rings (SSSR count). The largest absolute Gasteiger partial charge is 0.462 e. The molecule has 2 heterocycles. The van der Waals surface area contributed by atoms with Crippen molar-refractivity contribution in [3.8, 4) is 11.4 Å². The fourth-order valence-corrected chi connectivity index (χ4v) is 5.16. The second kappa shape index (κ2) is 10.8. The van der Waals surface area contributed by atoms with Crippen molar-refractivity contribution >= 4 is 45.7 Å². The van der Waals surface area contributed by atoms with Crippen LogP contribution in [-0.4, -0.2) is 43.4 Å². The Morgan fingerprint density at radius 1 is 1.24 bits per heavy atom. The van der Waals surface area contributed by atoms with E-state index in [0.29, 0.717) is 33.7 Å². The molecule has 0 aliphatic heterocycles. The summed E-state index contributed by atoms with van der Waals surface area (Å²) < 4.78 is 6.99. The summed E-state index contributed by atoms with van der Waals surface area (Å²) in [6, 6.07) is 6.08. The number of rotatable bonds is 9. The summed E-state index contributed by atoms with van der Waals surface area (Å²) in [5.74, 6) is -0.181. The Kier molecular flexibility index (Phi) is 8.05. The molecule has 10 nitrogen and oxygen atoms in total. The molecule has 0 aliphatic carbocycles. The minimum absolute atomic E-state index is 0.00700. The van der Waals surface area contributed by atoms with Crippen molar-refractivity contribution in [2.75, 3.05) is 11.9 Å². The Morgan fingerprint density at radius 2 is 1.91 bits per heavy atom. The molecule has 34 heavy (non-hydrogen) atoms. The first-order valence-electron chi connectivity index (χ1n) is 10.6.